The lowest BCUT2D eigenvalue weighted by molar-refractivity contribution is 1.07. The summed E-state index contributed by atoms with van der Waals surface area (Å²) in [6, 6.07) is 13.5. The molecular weight excluding hydrogens is 258 g/mol. The van der Waals surface area contributed by atoms with Gasteiger partial charge in [-0.1, -0.05) is 24.3 Å². The number of nitrogens with two attached hydrogens (primary N) is 1. The minimum absolute atomic E-state index is 0.628. The molecule has 0 saturated carbocycles. The minimum Gasteiger partial charge on any atom is -0.308 e. The summed E-state index contributed by atoms with van der Waals surface area (Å²) >= 11 is 1.49. The number of benzene rings is 1. The first kappa shape index (κ1) is 11.9. The van der Waals surface area contributed by atoms with Crippen LogP contribution in [0.25, 0.3) is 10.9 Å². The molecule has 6 heteroatoms. The maximum atomic E-state index is 5.36. The number of hydrogen-bond donors (Lipinski definition) is 2. The number of anilines is 1. The number of hydrogen-bond acceptors (Lipinski definition) is 6. The van der Waals surface area contributed by atoms with Gasteiger partial charge in [-0.25, -0.2) is 20.8 Å². The fourth-order valence-corrected chi connectivity index (χ4v) is 2.58. The van der Waals surface area contributed by atoms with Gasteiger partial charge < -0.3 is 5.43 Å². The predicted octanol–water partition coefficient (Wildman–Crippen LogP) is 2.46. The van der Waals surface area contributed by atoms with Crippen molar-refractivity contribution >= 4 is 28.5 Å². The van der Waals surface area contributed by atoms with Crippen molar-refractivity contribution in [3.63, 3.8) is 0 Å². The highest BCUT2D eigenvalue weighted by Crippen LogP contribution is 2.29. The Morgan fingerprint density at radius 3 is 2.79 bits per heavy atom. The normalized spacial score (nSPS) is 10.6. The van der Waals surface area contributed by atoms with Gasteiger partial charge in [0.15, 0.2) is 0 Å². The molecule has 3 aromatic rings. The van der Waals surface area contributed by atoms with Gasteiger partial charge in [-0.05, 0) is 30.0 Å². The van der Waals surface area contributed by atoms with Crippen LogP contribution in [0.2, 0.25) is 0 Å². The Bertz CT molecular complexity index is 711. The Balaban J connectivity index is 2.01. The van der Waals surface area contributed by atoms with E-state index in [-0.39, 0.29) is 0 Å². The fraction of sp³-hybridized carbons (Fsp3) is 0. The lowest BCUT2D eigenvalue weighted by atomic mass is 10.2. The van der Waals surface area contributed by atoms with Gasteiger partial charge in [-0.15, -0.1) is 0 Å². The van der Waals surface area contributed by atoms with Gasteiger partial charge in [0, 0.05) is 5.39 Å². The molecule has 0 saturated heterocycles. The summed E-state index contributed by atoms with van der Waals surface area (Å²) in [7, 11) is 0. The topological polar surface area (TPSA) is 76.7 Å². The number of para-hydroxylation sites is 1. The average molecular weight is 269 g/mol. The molecule has 0 radical (unpaired) electrons. The molecule has 1 aromatic carbocycles. The first-order chi connectivity index (χ1) is 9.36. The Hall–Kier alpha value is -2.18. The van der Waals surface area contributed by atoms with Gasteiger partial charge in [0.2, 0.25) is 0 Å². The molecule has 0 amide bonds. The SMILES string of the molecule is NNc1cccc(Sc2ncnc3ccccc23)n1. The van der Waals surface area contributed by atoms with E-state index < -0.39 is 0 Å². The van der Waals surface area contributed by atoms with Crippen molar-refractivity contribution in [2.45, 2.75) is 10.1 Å². The van der Waals surface area contributed by atoms with Gasteiger partial charge in [0.25, 0.3) is 0 Å². The van der Waals surface area contributed by atoms with Crippen LogP contribution in [0.15, 0.2) is 58.8 Å². The molecule has 0 aliphatic heterocycles. The van der Waals surface area contributed by atoms with Crippen LogP contribution in [0.1, 0.15) is 0 Å². The monoisotopic (exact) mass is 269 g/mol. The summed E-state index contributed by atoms with van der Waals surface area (Å²) in [4.78, 5) is 12.9. The zero-order valence-corrected chi connectivity index (χ0v) is 10.8. The van der Waals surface area contributed by atoms with E-state index in [9.17, 15) is 0 Å². The average Bonchev–Trinajstić information content (AvgIpc) is 2.48. The van der Waals surface area contributed by atoms with Crippen LogP contribution in [0.4, 0.5) is 5.82 Å². The molecule has 0 bridgehead atoms. The van der Waals surface area contributed by atoms with Crippen LogP contribution in [0.5, 0.6) is 0 Å². The molecule has 0 spiro atoms. The van der Waals surface area contributed by atoms with Gasteiger partial charge in [0.05, 0.1) is 5.52 Å². The molecule has 0 aliphatic rings. The van der Waals surface area contributed by atoms with E-state index in [1.807, 2.05) is 42.5 Å². The second-order valence-corrected chi connectivity index (χ2v) is 4.81. The molecule has 5 nitrogen and oxygen atoms in total. The Morgan fingerprint density at radius 2 is 1.89 bits per heavy atom. The third-order valence-corrected chi connectivity index (χ3v) is 3.53. The number of nitrogens with one attached hydrogen (secondary N) is 1. The highest BCUT2D eigenvalue weighted by molar-refractivity contribution is 7.99. The summed E-state index contributed by atoms with van der Waals surface area (Å²) in [5, 5.41) is 2.73. The highest BCUT2D eigenvalue weighted by Gasteiger charge is 2.06. The molecule has 0 fully saturated rings. The van der Waals surface area contributed by atoms with E-state index in [0.717, 1.165) is 21.0 Å². The molecule has 94 valence electrons. The Kier molecular flexibility index (Phi) is 3.26. The lowest BCUT2D eigenvalue weighted by Crippen LogP contribution is -2.08. The standard InChI is InChI=1S/C13H11N5S/c14-18-11-6-3-7-12(17-11)19-13-9-4-1-2-5-10(9)15-8-16-13/h1-8H,14H2,(H,17,18). The third kappa shape index (κ3) is 2.49. The van der Waals surface area contributed by atoms with E-state index >= 15 is 0 Å². The van der Waals surface area contributed by atoms with Crippen molar-refractivity contribution in [3.05, 3.63) is 48.8 Å². The van der Waals surface area contributed by atoms with E-state index in [1.54, 1.807) is 6.33 Å². The van der Waals surface area contributed by atoms with Crippen molar-refractivity contribution in [2.24, 2.45) is 5.84 Å². The number of aromatic nitrogens is 3. The van der Waals surface area contributed by atoms with Crippen LogP contribution in [-0.2, 0) is 0 Å². The van der Waals surface area contributed by atoms with E-state index in [4.69, 9.17) is 5.84 Å². The summed E-state index contributed by atoms with van der Waals surface area (Å²) in [6.07, 6.45) is 1.57. The lowest BCUT2D eigenvalue weighted by Gasteiger charge is -2.05. The summed E-state index contributed by atoms with van der Waals surface area (Å²) in [5.74, 6) is 5.98. The molecule has 0 aliphatic carbocycles. The van der Waals surface area contributed by atoms with Gasteiger partial charge in [0.1, 0.15) is 22.2 Å². The van der Waals surface area contributed by atoms with Gasteiger partial charge in [-0.2, -0.15) is 0 Å². The van der Waals surface area contributed by atoms with Crippen molar-refractivity contribution in [3.8, 4) is 0 Å². The number of nitrogen functional groups attached to an aromatic ring is 1. The maximum Gasteiger partial charge on any atom is 0.141 e. The largest absolute Gasteiger partial charge is 0.308 e. The van der Waals surface area contributed by atoms with Crippen molar-refractivity contribution < 1.29 is 0 Å². The van der Waals surface area contributed by atoms with E-state index in [2.05, 4.69) is 20.4 Å². The van der Waals surface area contributed by atoms with Gasteiger partial charge in [-0.3, -0.25) is 0 Å². The zero-order valence-electron chi connectivity index (χ0n) is 9.95. The number of rotatable bonds is 3. The van der Waals surface area contributed by atoms with Gasteiger partial charge >= 0.3 is 0 Å². The fourth-order valence-electron chi connectivity index (χ4n) is 1.71. The first-order valence-electron chi connectivity index (χ1n) is 5.68. The van der Waals surface area contributed by atoms with Crippen molar-refractivity contribution in [1.29, 1.82) is 0 Å². The van der Waals surface area contributed by atoms with Crippen LogP contribution < -0.4 is 11.3 Å². The first-order valence-corrected chi connectivity index (χ1v) is 6.50. The van der Waals surface area contributed by atoms with E-state index in [1.165, 1.54) is 11.8 Å². The number of hydrazine groups is 1. The van der Waals surface area contributed by atoms with E-state index in [0.29, 0.717) is 5.82 Å². The van der Waals surface area contributed by atoms with Crippen LogP contribution in [0, 0.1) is 0 Å². The second-order valence-electron chi connectivity index (χ2n) is 3.80. The molecule has 0 atom stereocenters. The quantitative estimate of drug-likeness (QED) is 0.432. The summed E-state index contributed by atoms with van der Waals surface area (Å²) in [5.41, 5.74) is 3.46. The third-order valence-electron chi connectivity index (χ3n) is 2.58. The highest BCUT2D eigenvalue weighted by atomic mass is 32.2. The summed E-state index contributed by atoms with van der Waals surface area (Å²) in [6.45, 7) is 0. The Labute approximate surface area is 114 Å². The van der Waals surface area contributed by atoms with Crippen molar-refractivity contribution in [2.75, 3.05) is 5.43 Å². The molecule has 3 rings (SSSR count). The number of pyridine rings is 1. The molecule has 2 aromatic heterocycles. The molecule has 3 N–H and O–H groups in total. The number of nitrogens with zero attached hydrogens (tertiary/aromatic N) is 3. The van der Waals surface area contributed by atoms with Crippen molar-refractivity contribution in [1.82, 2.24) is 15.0 Å². The summed E-state index contributed by atoms with van der Waals surface area (Å²) < 4.78 is 0. The van der Waals surface area contributed by atoms with Crippen LogP contribution in [0.3, 0.4) is 0 Å². The maximum absolute atomic E-state index is 5.36. The smallest absolute Gasteiger partial charge is 0.141 e. The number of fused-ring (bicyclic) bond motifs is 1. The Morgan fingerprint density at radius 1 is 1.00 bits per heavy atom. The predicted molar refractivity (Wildman–Crippen MR) is 75.7 cm³/mol. The second kappa shape index (κ2) is 5.21. The molecular formula is C13H11N5S. The van der Waals surface area contributed by atoms with Crippen LogP contribution in [-0.4, -0.2) is 15.0 Å². The van der Waals surface area contributed by atoms with Crippen LogP contribution >= 0.6 is 11.8 Å². The minimum atomic E-state index is 0.628. The molecule has 2 heterocycles. The zero-order chi connectivity index (χ0) is 13.1. The molecule has 19 heavy (non-hydrogen) atoms. The molecule has 0 unspecified atom stereocenters.